The molecular formula is C9H14N4O2. The maximum atomic E-state index is 11.1. The maximum Gasteiger partial charge on any atom is 0.252 e. The largest absolute Gasteiger partial charge is 0.370 e. The Morgan fingerprint density at radius 2 is 2.40 bits per heavy atom. The van der Waals surface area contributed by atoms with Gasteiger partial charge in [-0.3, -0.25) is 9.59 Å². The number of aromatic nitrogens is 2. The number of nitrogens with two attached hydrogens (primary N) is 1. The summed E-state index contributed by atoms with van der Waals surface area (Å²) in [5.41, 5.74) is 4.77. The van der Waals surface area contributed by atoms with Gasteiger partial charge in [-0.1, -0.05) is 6.92 Å². The summed E-state index contributed by atoms with van der Waals surface area (Å²) in [4.78, 5) is 28.3. The van der Waals surface area contributed by atoms with Gasteiger partial charge in [0.2, 0.25) is 5.91 Å². The molecule has 1 amide bonds. The lowest BCUT2D eigenvalue weighted by Crippen LogP contribution is -2.18. The van der Waals surface area contributed by atoms with Crippen molar-refractivity contribution < 1.29 is 4.79 Å². The second-order valence-electron chi connectivity index (χ2n) is 3.07. The fourth-order valence-corrected chi connectivity index (χ4v) is 1.08. The Balaban J connectivity index is 2.64. The number of amides is 1. The third-order valence-corrected chi connectivity index (χ3v) is 1.80. The highest BCUT2D eigenvalue weighted by atomic mass is 16.1. The molecule has 0 aliphatic carbocycles. The molecule has 1 heterocycles. The molecule has 0 saturated carbocycles. The van der Waals surface area contributed by atoms with Gasteiger partial charge in [0.15, 0.2) is 0 Å². The van der Waals surface area contributed by atoms with Crippen molar-refractivity contribution >= 4 is 11.7 Å². The second kappa shape index (κ2) is 5.14. The molecule has 1 aromatic heterocycles. The Morgan fingerprint density at radius 3 is 3.00 bits per heavy atom. The number of hydrogen-bond acceptors (Lipinski definition) is 4. The predicted octanol–water partition coefficient (Wildman–Crippen LogP) is -0.380. The molecule has 0 aliphatic heterocycles. The number of carbonyl (C=O) groups is 1. The predicted molar refractivity (Wildman–Crippen MR) is 56.5 cm³/mol. The molecule has 0 aliphatic rings. The molecule has 15 heavy (non-hydrogen) atoms. The van der Waals surface area contributed by atoms with Crippen molar-refractivity contribution in [3.05, 3.63) is 22.2 Å². The summed E-state index contributed by atoms with van der Waals surface area (Å²) in [7, 11) is 0. The Hall–Kier alpha value is -1.85. The molecule has 0 atom stereocenters. The van der Waals surface area contributed by atoms with Crippen molar-refractivity contribution in [2.45, 2.75) is 19.8 Å². The van der Waals surface area contributed by atoms with Crippen LogP contribution >= 0.6 is 0 Å². The SMILES string of the molecule is CCc1nc(NCCC(N)=O)cc(=O)[nH]1. The smallest absolute Gasteiger partial charge is 0.252 e. The molecule has 1 rings (SSSR count). The number of carbonyl (C=O) groups excluding carboxylic acids is 1. The van der Waals surface area contributed by atoms with E-state index in [4.69, 9.17) is 5.73 Å². The molecule has 0 aromatic carbocycles. The quantitative estimate of drug-likeness (QED) is 0.616. The molecule has 0 radical (unpaired) electrons. The van der Waals surface area contributed by atoms with E-state index in [0.29, 0.717) is 24.6 Å². The summed E-state index contributed by atoms with van der Waals surface area (Å²) >= 11 is 0. The fraction of sp³-hybridized carbons (Fsp3) is 0.444. The average molecular weight is 210 g/mol. The minimum absolute atomic E-state index is 0.205. The van der Waals surface area contributed by atoms with Gasteiger partial charge in [0.25, 0.3) is 5.56 Å². The van der Waals surface area contributed by atoms with Crippen LogP contribution in [0.3, 0.4) is 0 Å². The minimum atomic E-state index is -0.386. The number of aryl methyl sites for hydroxylation is 1. The van der Waals surface area contributed by atoms with Gasteiger partial charge < -0.3 is 16.0 Å². The molecule has 0 fully saturated rings. The molecular weight excluding hydrogens is 196 g/mol. The molecule has 0 bridgehead atoms. The third kappa shape index (κ3) is 3.80. The van der Waals surface area contributed by atoms with Gasteiger partial charge in [-0.15, -0.1) is 0 Å². The van der Waals surface area contributed by atoms with Crippen molar-refractivity contribution in [3.63, 3.8) is 0 Å². The Morgan fingerprint density at radius 1 is 1.67 bits per heavy atom. The van der Waals surface area contributed by atoms with Crippen LogP contribution in [0.4, 0.5) is 5.82 Å². The van der Waals surface area contributed by atoms with Crippen LogP contribution in [-0.2, 0) is 11.2 Å². The van der Waals surface area contributed by atoms with Crippen LogP contribution in [0, 0.1) is 0 Å². The molecule has 6 heteroatoms. The molecule has 1 aromatic rings. The van der Waals surface area contributed by atoms with E-state index in [1.54, 1.807) is 0 Å². The van der Waals surface area contributed by atoms with Crippen LogP contribution in [0.2, 0.25) is 0 Å². The lowest BCUT2D eigenvalue weighted by atomic mass is 10.4. The fourth-order valence-electron chi connectivity index (χ4n) is 1.08. The summed E-state index contributed by atoms with van der Waals surface area (Å²) in [6, 6.07) is 1.35. The minimum Gasteiger partial charge on any atom is -0.370 e. The highest BCUT2D eigenvalue weighted by Gasteiger charge is 1.99. The first-order valence-corrected chi connectivity index (χ1v) is 4.74. The first-order valence-electron chi connectivity index (χ1n) is 4.74. The van der Waals surface area contributed by atoms with E-state index in [1.165, 1.54) is 6.07 Å². The number of rotatable bonds is 5. The Labute approximate surface area is 86.9 Å². The molecule has 0 saturated heterocycles. The maximum absolute atomic E-state index is 11.1. The van der Waals surface area contributed by atoms with E-state index in [0.717, 1.165) is 0 Å². The summed E-state index contributed by atoms with van der Waals surface area (Å²) in [6.07, 6.45) is 0.872. The highest BCUT2D eigenvalue weighted by molar-refractivity contribution is 5.74. The standard InChI is InChI=1S/C9H14N4O2/c1-2-7-12-8(5-9(15)13-7)11-4-3-6(10)14/h5H,2-4H2,1H3,(H2,10,14)(H2,11,12,13,15). The van der Waals surface area contributed by atoms with E-state index in [2.05, 4.69) is 15.3 Å². The second-order valence-corrected chi connectivity index (χ2v) is 3.07. The van der Waals surface area contributed by atoms with Crippen LogP contribution < -0.4 is 16.6 Å². The Bertz CT molecular complexity index is 399. The number of H-pyrrole nitrogens is 1. The number of nitrogens with one attached hydrogen (secondary N) is 2. The zero-order valence-corrected chi connectivity index (χ0v) is 8.54. The van der Waals surface area contributed by atoms with Gasteiger partial charge >= 0.3 is 0 Å². The van der Waals surface area contributed by atoms with Gasteiger partial charge in [0.1, 0.15) is 11.6 Å². The summed E-state index contributed by atoms with van der Waals surface area (Å²) in [5.74, 6) is 0.698. The normalized spacial score (nSPS) is 9.93. The number of aromatic amines is 1. The van der Waals surface area contributed by atoms with Crippen molar-refractivity contribution in [1.82, 2.24) is 9.97 Å². The monoisotopic (exact) mass is 210 g/mol. The zero-order valence-electron chi connectivity index (χ0n) is 8.54. The lowest BCUT2D eigenvalue weighted by molar-refractivity contribution is -0.117. The van der Waals surface area contributed by atoms with Crippen molar-refractivity contribution in [3.8, 4) is 0 Å². The van der Waals surface area contributed by atoms with Gasteiger partial charge in [-0.05, 0) is 0 Å². The van der Waals surface area contributed by atoms with Crippen LogP contribution in [-0.4, -0.2) is 22.4 Å². The topological polar surface area (TPSA) is 101 Å². The molecule has 0 unspecified atom stereocenters. The highest BCUT2D eigenvalue weighted by Crippen LogP contribution is 1.98. The van der Waals surface area contributed by atoms with Crippen molar-refractivity contribution in [2.24, 2.45) is 5.73 Å². The van der Waals surface area contributed by atoms with E-state index in [-0.39, 0.29) is 17.9 Å². The summed E-state index contributed by atoms with van der Waals surface area (Å²) in [6.45, 7) is 2.28. The van der Waals surface area contributed by atoms with Gasteiger partial charge in [-0.25, -0.2) is 4.98 Å². The molecule has 82 valence electrons. The molecule has 6 nitrogen and oxygen atoms in total. The molecule has 4 N–H and O–H groups in total. The summed E-state index contributed by atoms with van der Waals surface area (Å²) in [5, 5.41) is 2.86. The first-order chi connectivity index (χ1) is 7.11. The number of nitrogens with zero attached hydrogens (tertiary/aromatic N) is 1. The van der Waals surface area contributed by atoms with Gasteiger partial charge in [-0.2, -0.15) is 0 Å². The van der Waals surface area contributed by atoms with E-state index >= 15 is 0 Å². The van der Waals surface area contributed by atoms with E-state index < -0.39 is 0 Å². The van der Waals surface area contributed by atoms with Gasteiger partial charge in [0, 0.05) is 25.5 Å². The average Bonchev–Trinajstić information content (AvgIpc) is 2.16. The van der Waals surface area contributed by atoms with Crippen LogP contribution in [0.5, 0.6) is 0 Å². The number of hydrogen-bond donors (Lipinski definition) is 3. The lowest BCUT2D eigenvalue weighted by Gasteiger charge is -2.04. The van der Waals surface area contributed by atoms with Crippen LogP contribution in [0.1, 0.15) is 19.2 Å². The van der Waals surface area contributed by atoms with Crippen molar-refractivity contribution in [1.29, 1.82) is 0 Å². The first kappa shape index (κ1) is 11.2. The van der Waals surface area contributed by atoms with Crippen LogP contribution in [0.25, 0.3) is 0 Å². The van der Waals surface area contributed by atoms with E-state index in [1.807, 2.05) is 6.92 Å². The summed E-state index contributed by atoms with van der Waals surface area (Å²) < 4.78 is 0. The zero-order chi connectivity index (χ0) is 11.3. The third-order valence-electron chi connectivity index (χ3n) is 1.80. The van der Waals surface area contributed by atoms with Crippen LogP contribution in [0.15, 0.2) is 10.9 Å². The van der Waals surface area contributed by atoms with E-state index in [9.17, 15) is 9.59 Å². The van der Waals surface area contributed by atoms with Crippen molar-refractivity contribution in [2.75, 3.05) is 11.9 Å². The Kier molecular flexibility index (Phi) is 3.84. The number of anilines is 1. The number of primary amides is 1. The molecule has 0 spiro atoms. The van der Waals surface area contributed by atoms with Gasteiger partial charge in [0.05, 0.1) is 0 Å².